The molecular formula is C16H27IN4O2. The van der Waals surface area contributed by atoms with Gasteiger partial charge < -0.3 is 15.4 Å². The molecule has 130 valence electrons. The molecule has 0 aliphatic carbocycles. The van der Waals surface area contributed by atoms with E-state index in [-0.39, 0.29) is 29.9 Å². The number of pyridine rings is 1. The molecule has 0 amide bonds. The van der Waals surface area contributed by atoms with Gasteiger partial charge in [0.1, 0.15) is 0 Å². The first-order chi connectivity index (χ1) is 10.8. The number of nitrogens with one attached hydrogen (secondary N) is 2. The molecule has 0 aliphatic heterocycles. The fourth-order valence-electron chi connectivity index (χ4n) is 1.87. The molecule has 0 saturated carbocycles. The number of rotatable bonds is 9. The van der Waals surface area contributed by atoms with E-state index in [9.17, 15) is 4.79 Å². The van der Waals surface area contributed by atoms with Gasteiger partial charge in [0.15, 0.2) is 5.96 Å². The molecule has 7 heteroatoms. The topological polar surface area (TPSA) is 75.6 Å². The summed E-state index contributed by atoms with van der Waals surface area (Å²) in [5, 5.41) is 6.50. The molecule has 1 heterocycles. The number of carbonyl (C=O) groups is 1. The third-order valence-electron chi connectivity index (χ3n) is 3.05. The first kappa shape index (κ1) is 21.6. The molecule has 1 rings (SSSR count). The van der Waals surface area contributed by atoms with E-state index >= 15 is 0 Å². The summed E-state index contributed by atoms with van der Waals surface area (Å²) in [6.07, 6.45) is 5.10. The van der Waals surface area contributed by atoms with Gasteiger partial charge in [0, 0.05) is 25.7 Å². The number of carbonyl (C=O) groups excluding carboxylic acids is 1. The largest absolute Gasteiger partial charge is 0.469 e. The van der Waals surface area contributed by atoms with Crippen molar-refractivity contribution in [3.63, 3.8) is 0 Å². The highest BCUT2D eigenvalue weighted by Gasteiger charge is 2.00. The quantitative estimate of drug-likeness (QED) is 0.205. The van der Waals surface area contributed by atoms with Crippen molar-refractivity contribution in [3.8, 4) is 0 Å². The van der Waals surface area contributed by atoms with E-state index in [4.69, 9.17) is 0 Å². The van der Waals surface area contributed by atoms with E-state index in [1.165, 1.54) is 7.11 Å². The molecule has 0 aliphatic rings. The second-order valence-electron chi connectivity index (χ2n) is 4.83. The summed E-state index contributed by atoms with van der Waals surface area (Å²) < 4.78 is 4.61. The second-order valence-corrected chi connectivity index (χ2v) is 4.83. The predicted octanol–water partition coefficient (Wildman–Crippen LogP) is 2.49. The van der Waals surface area contributed by atoms with Crippen LogP contribution in [0.1, 0.15) is 38.3 Å². The average Bonchev–Trinajstić information content (AvgIpc) is 2.56. The molecule has 0 unspecified atom stereocenters. The summed E-state index contributed by atoms with van der Waals surface area (Å²) in [4.78, 5) is 19.7. The summed E-state index contributed by atoms with van der Waals surface area (Å²) in [5.41, 5.74) is 0.942. The zero-order valence-electron chi connectivity index (χ0n) is 13.9. The predicted molar refractivity (Wildman–Crippen MR) is 103 cm³/mol. The van der Waals surface area contributed by atoms with Crippen molar-refractivity contribution in [2.45, 2.75) is 39.2 Å². The van der Waals surface area contributed by atoms with Gasteiger partial charge in [-0.05, 0) is 31.9 Å². The molecule has 0 saturated heterocycles. The van der Waals surface area contributed by atoms with Crippen molar-refractivity contribution in [2.75, 3.05) is 20.2 Å². The molecule has 0 atom stereocenters. The molecular weight excluding hydrogens is 407 g/mol. The third-order valence-corrected chi connectivity index (χ3v) is 3.05. The summed E-state index contributed by atoms with van der Waals surface area (Å²) >= 11 is 0. The molecule has 0 radical (unpaired) electrons. The molecule has 1 aromatic rings. The number of hydrogen-bond acceptors (Lipinski definition) is 4. The number of esters is 1. The van der Waals surface area contributed by atoms with Gasteiger partial charge in [-0.25, -0.2) is 4.99 Å². The number of halogens is 1. The minimum Gasteiger partial charge on any atom is -0.469 e. The van der Waals surface area contributed by atoms with Gasteiger partial charge in [-0.2, -0.15) is 0 Å². The Morgan fingerprint density at radius 1 is 1.26 bits per heavy atom. The number of ether oxygens (including phenoxy) is 1. The molecule has 0 fully saturated rings. The van der Waals surface area contributed by atoms with Gasteiger partial charge in [-0.15, -0.1) is 24.0 Å². The highest BCUT2D eigenvalue weighted by atomic mass is 127. The first-order valence-corrected chi connectivity index (χ1v) is 7.75. The molecule has 2 N–H and O–H groups in total. The van der Waals surface area contributed by atoms with Crippen LogP contribution in [-0.2, 0) is 16.1 Å². The summed E-state index contributed by atoms with van der Waals surface area (Å²) in [6, 6.07) is 5.81. The van der Waals surface area contributed by atoms with E-state index in [0.717, 1.165) is 44.0 Å². The summed E-state index contributed by atoms with van der Waals surface area (Å²) in [5.74, 6) is 0.652. The van der Waals surface area contributed by atoms with E-state index in [1.807, 2.05) is 25.1 Å². The number of nitrogens with zero attached hydrogens (tertiary/aromatic N) is 2. The Morgan fingerprint density at radius 3 is 2.74 bits per heavy atom. The zero-order valence-corrected chi connectivity index (χ0v) is 16.2. The van der Waals surface area contributed by atoms with Crippen molar-refractivity contribution in [3.05, 3.63) is 30.1 Å². The van der Waals surface area contributed by atoms with Crippen molar-refractivity contribution in [1.29, 1.82) is 0 Å². The number of aromatic nitrogens is 1. The molecule has 1 aromatic heterocycles. The zero-order chi connectivity index (χ0) is 16.0. The van der Waals surface area contributed by atoms with Crippen molar-refractivity contribution >= 4 is 35.9 Å². The minimum absolute atomic E-state index is 0. The van der Waals surface area contributed by atoms with Crippen LogP contribution in [-0.4, -0.2) is 37.1 Å². The highest BCUT2D eigenvalue weighted by molar-refractivity contribution is 14.0. The monoisotopic (exact) mass is 434 g/mol. The first-order valence-electron chi connectivity index (χ1n) is 7.75. The molecule has 0 bridgehead atoms. The Balaban J connectivity index is 0.00000484. The van der Waals surface area contributed by atoms with Crippen LogP contribution >= 0.6 is 24.0 Å². The molecule has 0 aromatic carbocycles. The number of unbranched alkanes of at least 4 members (excludes halogenated alkanes) is 2. The molecule has 6 nitrogen and oxygen atoms in total. The standard InChI is InChI=1S/C16H26N4O2.HI/c1-3-17-16(20-13-14-9-6-8-11-18-14)19-12-7-4-5-10-15(21)22-2;/h6,8-9,11H,3-5,7,10,12-13H2,1-2H3,(H2,17,19,20);1H. The number of guanidine groups is 1. The average molecular weight is 434 g/mol. The van der Waals surface area contributed by atoms with Crippen LogP contribution in [0.4, 0.5) is 0 Å². The van der Waals surface area contributed by atoms with Crippen molar-refractivity contribution < 1.29 is 9.53 Å². The normalized spacial score (nSPS) is 10.6. The van der Waals surface area contributed by atoms with Gasteiger partial charge in [-0.1, -0.05) is 12.5 Å². The van der Waals surface area contributed by atoms with Crippen molar-refractivity contribution in [2.24, 2.45) is 4.99 Å². The molecule has 23 heavy (non-hydrogen) atoms. The maximum atomic E-state index is 11.0. The van der Waals surface area contributed by atoms with Crippen molar-refractivity contribution in [1.82, 2.24) is 15.6 Å². The Morgan fingerprint density at radius 2 is 2.09 bits per heavy atom. The lowest BCUT2D eigenvalue weighted by atomic mass is 10.2. The van der Waals surface area contributed by atoms with Crippen LogP contribution in [0.15, 0.2) is 29.4 Å². The van der Waals surface area contributed by atoms with E-state index < -0.39 is 0 Å². The fourth-order valence-corrected chi connectivity index (χ4v) is 1.87. The maximum Gasteiger partial charge on any atom is 0.305 e. The van der Waals surface area contributed by atoms with Gasteiger partial charge in [-0.3, -0.25) is 9.78 Å². The van der Waals surface area contributed by atoms with Gasteiger partial charge in [0.2, 0.25) is 0 Å². The second kappa shape index (κ2) is 14.2. The number of aliphatic imine (C=N–C) groups is 1. The fraction of sp³-hybridized carbons (Fsp3) is 0.562. The van der Waals surface area contributed by atoms with E-state index in [0.29, 0.717) is 13.0 Å². The highest BCUT2D eigenvalue weighted by Crippen LogP contribution is 2.00. The van der Waals surface area contributed by atoms with Gasteiger partial charge in [0.05, 0.1) is 19.3 Å². The lowest BCUT2D eigenvalue weighted by Crippen LogP contribution is -2.37. The maximum absolute atomic E-state index is 11.0. The SMILES string of the molecule is CCNC(=NCc1ccccn1)NCCCCCC(=O)OC.I. The van der Waals surface area contributed by atoms with E-state index in [2.05, 4.69) is 25.3 Å². The van der Waals surface area contributed by atoms with Crippen LogP contribution in [0.3, 0.4) is 0 Å². The third kappa shape index (κ3) is 10.9. The Kier molecular flexibility index (Phi) is 13.4. The smallest absolute Gasteiger partial charge is 0.305 e. The Bertz CT molecular complexity index is 455. The number of hydrogen-bond donors (Lipinski definition) is 2. The number of methoxy groups -OCH3 is 1. The van der Waals surface area contributed by atoms with Crippen LogP contribution in [0.5, 0.6) is 0 Å². The summed E-state index contributed by atoms with van der Waals surface area (Å²) in [7, 11) is 1.42. The Hall–Kier alpha value is -1.38. The van der Waals surface area contributed by atoms with Gasteiger partial charge in [0.25, 0.3) is 0 Å². The minimum atomic E-state index is -0.141. The van der Waals surface area contributed by atoms with Crippen LogP contribution < -0.4 is 10.6 Å². The lowest BCUT2D eigenvalue weighted by Gasteiger charge is -2.11. The van der Waals surface area contributed by atoms with E-state index in [1.54, 1.807) is 6.20 Å². The van der Waals surface area contributed by atoms with Gasteiger partial charge >= 0.3 is 5.97 Å². The molecule has 0 spiro atoms. The summed E-state index contributed by atoms with van der Waals surface area (Å²) in [6.45, 7) is 4.23. The Labute approximate surface area is 155 Å². The lowest BCUT2D eigenvalue weighted by molar-refractivity contribution is -0.140. The van der Waals surface area contributed by atoms with Crippen LogP contribution in [0.25, 0.3) is 0 Å². The van der Waals surface area contributed by atoms with Crippen LogP contribution in [0, 0.1) is 0 Å². The van der Waals surface area contributed by atoms with Crippen LogP contribution in [0.2, 0.25) is 0 Å².